The Morgan fingerprint density at radius 3 is 2.36 bits per heavy atom. The second kappa shape index (κ2) is 9.71. The van der Waals surface area contributed by atoms with Crippen LogP contribution in [0.25, 0.3) is 0 Å². The van der Waals surface area contributed by atoms with Crippen molar-refractivity contribution in [2.45, 2.75) is 50.3 Å². The van der Waals surface area contributed by atoms with E-state index in [0.717, 1.165) is 0 Å². The Hall–Kier alpha value is -2.57. The van der Waals surface area contributed by atoms with Crippen LogP contribution in [-0.4, -0.2) is 86.8 Å². The highest BCUT2D eigenvalue weighted by molar-refractivity contribution is 8.03. The summed E-state index contributed by atoms with van der Waals surface area (Å²) in [5.74, 6) is -6.15. The number of β-lactam (4-membered cyclic amide) rings is 1. The van der Waals surface area contributed by atoms with Gasteiger partial charge in [0.1, 0.15) is 23.1 Å². The Morgan fingerprint density at radius 2 is 1.83 bits per heavy atom. The molecular weight excluding hydrogens is 499 g/mol. The Labute approximate surface area is 210 Å². The lowest BCUT2D eigenvalue weighted by molar-refractivity contribution is -0.163. The van der Waals surface area contributed by atoms with Gasteiger partial charge in [-0.15, -0.1) is 11.8 Å². The van der Waals surface area contributed by atoms with E-state index in [4.69, 9.17) is 0 Å². The fourth-order valence-electron chi connectivity index (χ4n) is 5.46. The van der Waals surface area contributed by atoms with Crippen LogP contribution in [0, 0.1) is 29.3 Å². The van der Waals surface area contributed by atoms with Gasteiger partial charge in [-0.1, -0.05) is 6.92 Å². The van der Waals surface area contributed by atoms with Crippen LogP contribution in [0.1, 0.15) is 25.8 Å². The van der Waals surface area contributed by atoms with Crippen LogP contribution in [0.4, 0.5) is 13.2 Å². The number of benzene rings is 1. The molecule has 2 saturated heterocycles. The monoisotopic (exact) mass is 527 g/mol. The van der Waals surface area contributed by atoms with Crippen LogP contribution in [-0.2, 0) is 20.9 Å². The topological polar surface area (TPSA) is 101 Å². The van der Waals surface area contributed by atoms with E-state index >= 15 is 0 Å². The fraction of sp³-hybridized carbons (Fsp3) is 0.542. The van der Waals surface area contributed by atoms with E-state index in [1.54, 1.807) is 25.9 Å². The van der Waals surface area contributed by atoms with E-state index in [9.17, 15) is 37.8 Å². The highest BCUT2D eigenvalue weighted by Crippen LogP contribution is 2.52. The number of carboxylic acids is 1. The van der Waals surface area contributed by atoms with Gasteiger partial charge in [-0.2, -0.15) is 0 Å². The summed E-state index contributed by atoms with van der Waals surface area (Å²) in [5.41, 5.74) is -0.475. The van der Waals surface area contributed by atoms with E-state index < -0.39 is 53.4 Å². The number of carbonyl (C=O) groups is 3. The van der Waals surface area contributed by atoms with Crippen molar-refractivity contribution in [3.05, 3.63) is 45.8 Å². The molecule has 0 saturated carbocycles. The van der Waals surface area contributed by atoms with Crippen molar-refractivity contribution in [3.8, 4) is 0 Å². The molecule has 0 bridgehead atoms. The van der Waals surface area contributed by atoms with Crippen molar-refractivity contribution in [1.82, 2.24) is 14.7 Å². The number of likely N-dealkylation sites (N-methyl/N-ethyl adjacent to an activating group) is 1. The van der Waals surface area contributed by atoms with Gasteiger partial charge in [-0.3, -0.25) is 14.5 Å². The van der Waals surface area contributed by atoms with Crippen molar-refractivity contribution in [2.75, 3.05) is 20.6 Å². The van der Waals surface area contributed by atoms with Crippen molar-refractivity contribution < 1.29 is 37.8 Å². The van der Waals surface area contributed by atoms with Crippen LogP contribution in [0.3, 0.4) is 0 Å². The summed E-state index contributed by atoms with van der Waals surface area (Å²) in [7, 11) is 3.13. The van der Waals surface area contributed by atoms with E-state index in [1.165, 1.54) is 28.5 Å². The Morgan fingerprint density at radius 1 is 1.22 bits per heavy atom. The first-order chi connectivity index (χ1) is 16.8. The summed E-state index contributed by atoms with van der Waals surface area (Å²) >= 11 is 1.24. The second-order valence-corrected chi connectivity index (χ2v) is 11.1. The standard InChI is InChI=1S/C24H28F3N3O5S/c1-10-19-18(11(2)31)23(33)30(19)20(24(34)35)21(10)36-13-7-17(22(32)28(3)4)29(8-13)9-14-15(26)5-12(25)6-16(14)27/h5-6,10-11,13,17-19,31H,7-9H2,1-4H3,(H,34,35). The minimum Gasteiger partial charge on any atom is -0.477 e. The van der Waals surface area contributed by atoms with E-state index in [1.807, 2.05) is 0 Å². The number of likely N-dealkylation sites (tertiary alicyclic amines) is 1. The highest BCUT2D eigenvalue weighted by atomic mass is 32.2. The first-order valence-electron chi connectivity index (χ1n) is 11.6. The Balaban J connectivity index is 1.61. The van der Waals surface area contributed by atoms with Gasteiger partial charge in [0.2, 0.25) is 11.8 Å². The normalized spacial score (nSPS) is 28.8. The molecule has 3 heterocycles. The predicted molar refractivity (Wildman–Crippen MR) is 125 cm³/mol. The van der Waals surface area contributed by atoms with E-state index in [2.05, 4.69) is 0 Å². The third-order valence-electron chi connectivity index (χ3n) is 7.16. The molecule has 0 aromatic heterocycles. The van der Waals surface area contributed by atoms with E-state index in [0.29, 0.717) is 17.0 Å². The maximum absolute atomic E-state index is 14.4. The number of carboxylic acid groups (broad SMARTS) is 1. The lowest BCUT2D eigenvalue weighted by Crippen LogP contribution is -2.63. The maximum atomic E-state index is 14.4. The Kier molecular flexibility index (Phi) is 7.15. The summed E-state index contributed by atoms with van der Waals surface area (Å²) in [5, 5.41) is 19.6. The molecule has 0 radical (unpaired) electrons. The van der Waals surface area contributed by atoms with Gasteiger partial charge >= 0.3 is 5.97 Å². The number of nitrogens with zero attached hydrogens (tertiary/aromatic N) is 3. The van der Waals surface area contributed by atoms with Crippen LogP contribution < -0.4 is 0 Å². The molecule has 12 heteroatoms. The van der Waals surface area contributed by atoms with Gasteiger partial charge in [-0.25, -0.2) is 18.0 Å². The molecule has 3 aliphatic heterocycles. The summed E-state index contributed by atoms with van der Waals surface area (Å²) in [6.07, 6.45) is -0.640. The van der Waals surface area contributed by atoms with Gasteiger partial charge in [0.15, 0.2) is 0 Å². The zero-order valence-electron chi connectivity index (χ0n) is 20.2. The molecule has 6 atom stereocenters. The van der Waals surface area contributed by atoms with Gasteiger partial charge in [-0.05, 0) is 13.3 Å². The lowest BCUT2D eigenvalue weighted by atomic mass is 9.79. The fourth-order valence-corrected chi connectivity index (χ4v) is 7.02. The molecule has 1 aromatic rings. The van der Waals surface area contributed by atoms with E-state index in [-0.39, 0.29) is 47.8 Å². The minimum absolute atomic E-state index is 0.121. The van der Waals surface area contributed by atoms with Gasteiger partial charge in [0.25, 0.3) is 0 Å². The number of carbonyl (C=O) groups excluding carboxylic acids is 2. The number of hydrogen-bond donors (Lipinski definition) is 2. The molecule has 4 rings (SSSR count). The summed E-state index contributed by atoms with van der Waals surface area (Å²) in [4.78, 5) is 42.3. The van der Waals surface area contributed by atoms with Crippen molar-refractivity contribution in [3.63, 3.8) is 0 Å². The molecule has 0 aliphatic carbocycles. The highest BCUT2D eigenvalue weighted by Gasteiger charge is 2.60. The summed E-state index contributed by atoms with van der Waals surface area (Å²) < 4.78 is 42.1. The number of aliphatic carboxylic acids is 1. The molecule has 2 N–H and O–H groups in total. The van der Waals surface area contributed by atoms with Crippen LogP contribution >= 0.6 is 11.8 Å². The van der Waals surface area contributed by atoms with Gasteiger partial charge in [0.05, 0.1) is 24.1 Å². The SMILES string of the molecule is CC(O)C1C(=O)N2C(C(=O)O)=C(SC3CC(C(=O)N(C)C)N(Cc4c(F)cc(F)cc4F)C3)C(C)C12. The second-order valence-electron chi connectivity index (χ2n) is 9.77. The molecule has 196 valence electrons. The zero-order chi connectivity index (χ0) is 26.6. The number of amides is 2. The molecule has 1 aromatic carbocycles. The third kappa shape index (κ3) is 4.39. The molecule has 0 spiro atoms. The third-order valence-corrected chi connectivity index (χ3v) is 8.66. The van der Waals surface area contributed by atoms with Crippen molar-refractivity contribution in [2.24, 2.45) is 11.8 Å². The number of fused-ring (bicyclic) bond motifs is 1. The molecule has 36 heavy (non-hydrogen) atoms. The summed E-state index contributed by atoms with van der Waals surface area (Å²) in [6.45, 7) is 3.25. The van der Waals surface area contributed by atoms with Crippen LogP contribution in [0.15, 0.2) is 22.7 Å². The number of hydrogen-bond acceptors (Lipinski definition) is 6. The lowest BCUT2D eigenvalue weighted by Gasteiger charge is -2.46. The number of thioether (sulfide) groups is 1. The summed E-state index contributed by atoms with van der Waals surface area (Å²) in [6, 6.07) is -0.0120. The number of aliphatic hydroxyl groups is 1. The smallest absolute Gasteiger partial charge is 0.353 e. The predicted octanol–water partition coefficient (Wildman–Crippen LogP) is 2.02. The first kappa shape index (κ1) is 26.5. The largest absolute Gasteiger partial charge is 0.477 e. The first-order valence-corrected chi connectivity index (χ1v) is 12.4. The molecule has 2 fully saturated rings. The van der Waals surface area contributed by atoms with Crippen LogP contribution in [0.5, 0.6) is 0 Å². The minimum atomic E-state index is -1.25. The molecule has 3 aliphatic rings. The molecule has 6 unspecified atom stereocenters. The average Bonchev–Trinajstić information content (AvgIpc) is 3.27. The maximum Gasteiger partial charge on any atom is 0.353 e. The van der Waals surface area contributed by atoms with Crippen molar-refractivity contribution >= 4 is 29.5 Å². The number of halogens is 3. The quantitative estimate of drug-likeness (QED) is 0.524. The Bertz CT molecular complexity index is 1120. The average molecular weight is 528 g/mol. The molecular formula is C24H28F3N3O5S. The molecule has 8 nitrogen and oxygen atoms in total. The van der Waals surface area contributed by atoms with Gasteiger partial charge in [0, 0.05) is 61.0 Å². The zero-order valence-corrected chi connectivity index (χ0v) is 21.1. The number of aliphatic hydroxyl groups excluding tert-OH is 1. The van der Waals surface area contributed by atoms with Gasteiger partial charge < -0.3 is 20.0 Å². The van der Waals surface area contributed by atoms with Crippen molar-refractivity contribution in [1.29, 1.82) is 0 Å². The van der Waals surface area contributed by atoms with Crippen LogP contribution in [0.2, 0.25) is 0 Å². The molecule has 2 amide bonds. The number of rotatable bonds is 7.